The van der Waals surface area contributed by atoms with Gasteiger partial charge >= 0.3 is 6.01 Å². The number of ether oxygens (including phenoxy) is 1. The largest absolute Gasteiger partial charge is 0.423 e. The molecule has 8 nitrogen and oxygen atoms in total. The maximum absolute atomic E-state index is 8.71. The summed E-state index contributed by atoms with van der Waals surface area (Å²) in [4.78, 5) is 0. The number of benzene rings is 2. The normalized spacial score (nSPS) is 10.1. The minimum atomic E-state index is 0. The first-order valence-corrected chi connectivity index (χ1v) is 9.00. The van der Waals surface area contributed by atoms with Gasteiger partial charge in [-0.25, -0.2) is 0 Å². The van der Waals surface area contributed by atoms with Gasteiger partial charge in [0, 0.05) is 13.1 Å². The number of aliphatic hydroxyl groups excluding tert-OH is 1. The SMILES string of the molecule is Cl.Cl.OCCNCCCNCc1cccc(Oc2nnnn2-c2ccccc2)c1. The summed E-state index contributed by atoms with van der Waals surface area (Å²) >= 11 is 0. The van der Waals surface area contributed by atoms with Crippen molar-refractivity contribution < 1.29 is 9.84 Å². The van der Waals surface area contributed by atoms with E-state index in [0.717, 1.165) is 37.3 Å². The van der Waals surface area contributed by atoms with Gasteiger partial charge in [-0.15, -0.1) is 24.8 Å². The van der Waals surface area contributed by atoms with E-state index >= 15 is 0 Å². The highest BCUT2D eigenvalue weighted by molar-refractivity contribution is 5.85. The van der Waals surface area contributed by atoms with Gasteiger partial charge in [-0.1, -0.05) is 35.4 Å². The average Bonchev–Trinajstić information content (AvgIpc) is 3.16. The predicted molar refractivity (Wildman–Crippen MR) is 116 cm³/mol. The van der Waals surface area contributed by atoms with Crippen molar-refractivity contribution in [2.45, 2.75) is 13.0 Å². The van der Waals surface area contributed by atoms with Gasteiger partial charge in [0.05, 0.1) is 12.3 Å². The Labute approximate surface area is 182 Å². The second-order valence-corrected chi connectivity index (χ2v) is 5.96. The Kier molecular flexibility index (Phi) is 11.9. The van der Waals surface area contributed by atoms with Crippen LogP contribution in [-0.2, 0) is 6.54 Å². The number of aromatic nitrogens is 4. The molecule has 0 spiro atoms. The summed E-state index contributed by atoms with van der Waals surface area (Å²) in [5.41, 5.74) is 1.96. The van der Waals surface area contributed by atoms with E-state index in [1.165, 1.54) is 0 Å². The van der Waals surface area contributed by atoms with E-state index in [1.54, 1.807) is 4.68 Å². The minimum Gasteiger partial charge on any atom is -0.423 e. The second-order valence-electron chi connectivity index (χ2n) is 5.96. The number of aliphatic hydroxyl groups is 1. The number of hydrogen-bond acceptors (Lipinski definition) is 7. The molecule has 0 aliphatic heterocycles. The van der Waals surface area contributed by atoms with Crippen LogP contribution in [-0.4, -0.2) is 51.6 Å². The smallest absolute Gasteiger partial charge is 0.345 e. The lowest BCUT2D eigenvalue weighted by Crippen LogP contribution is -2.23. The molecular formula is C19H26Cl2N6O2. The summed E-state index contributed by atoms with van der Waals surface area (Å²) in [6.07, 6.45) is 1.00. The van der Waals surface area contributed by atoms with Crippen LogP contribution in [0.15, 0.2) is 54.6 Å². The lowest BCUT2D eigenvalue weighted by molar-refractivity contribution is 0.292. The van der Waals surface area contributed by atoms with Crippen molar-refractivity contribution >= 4 is 24.8 Å². The van der Waals surface area contributed by atoms with Crippen molar-refractivity contribution in [3.63, 3.8) is 0 Å². The molecule has 0 fully saturated rings. The highest BCUT2D eigenvalue weighted by Crippen LogP contribution is 2.22. The Morgan fingerprint density at radius 1 is 0.931 bits per heavy atom. The van der Waals surface area contributed by atoms with Crippen molar-refractivity contribution in [3.05, 3.63) is 60.2 Å². The van der Waals surface area contributed by atoms with Crippen LogP contribution in [0.4, 0.5) is 0 Å². The molecule has 0 saturated heterocycles. The Morgan fingerprint density at radius 3 is 2.52 bits per heavy atom. The molecule has 158 valence electrons. The van der Waals surface area contributed by atoms with Crippen LogP contribution >= 0.6 is 24.8 Å². The van der Waals surface area contributed by atoms with Gasteiger partial charge in [0.25, 0.3) is 0 Å². The number of nitrogens with one attached hydrogen (secondary N) is 2. The number of nitrogens with zero attached hydrogens (tertiary/aromatic N) is 4. The van der Waals surface area contributed by atoms with Crippen molar-refractivity contribution in [2.24, 2.45) is 0 Å². The van der Waals surface area contributed by atoms with Crippen LogP contribution in [0.2, 0.25) is 0 Å². The molecule has 2 aromatic carbocycles. The third-order valence-corrected chi connectivity index (χ3v) is 3.87. The summed E-state index contributed by atoms with van der Waals surface area (Å²) in [5.74, 6) is 0.686. The van der Waals surface area contributed by atoms with E-state index in [9.17, 15) is 0 Å². The van der Waals surface area contributed by atoms with E-state index in [2.05, 4.69) is 26.2 Å². The monoisotopic (exact) mass is 440 g/mol. The molecule has 3 N–H and O–H groups in total. The van der Waals surface area contributed by atoms with Gasteiger partial charge in [-0.05, 0) is 59.8 Å². The molecule has 10 heteroatoms. The van der Waals surface area contributed by atoms with Gasteiger partial charge < -0.3 is 20.5 Å². The fourth-order valence-electron chi connectivity index (χ4n) is 2.57. The molecular weight excluding hydrogens is 415 g/mol. The molecule has 0 amide bonds. The summed E-state index contributed by atoms with van der Waals surface area (Å²) in [6, 6.07) is 17.8. The van der Waals surface area contributed by atoms with Crippen molar-refractivity contribution in [1.82, 2.24) is 30.8 Å². The number of halogens is 2. The zero-order valence-corrected chi connectivity index (χ0v) is 17.5. The lowest BCUT2D eigenvalue weighted by Gasteiger charge is -2.09. The van der Waals surface area contributed by atoms with E-state index in [1.807, 2.05) is 54.6 Å². The van der Waals surface area contributed by atoms with E-state index < -0.39 is 0 Å². The van der Waals surface area contributed by atoms with Crippen LogP contribution in [0, 0.1) is 0 Å². The topological polar surface area (TPSA) is 97.1 Å². The highest BCUT2D eigenvalue weighted by Gasteiger charge is 2.10. The Bertz CT molecular complexity index is 819. The Hall–Kier alpha value is -2.23. The third-order valence-electron chi connectivity index (χ3n) is 3.87. The molecule has 0 aliphatic carbocycles. The molecule has 0 saturated carbocycles. The second kappa shape index (κ2) is 13.9. The molecule has 1 aromatic heterocycles. The van der Waals surface area contributed by atoms with E-state index in [-0.39, 0.29) is 31.4 Å². The average molecular weight is 441 g/mol. The fourth-order valence-corrected chi connectivity index (χ4v) is 2.57. The van der Waals surface area contributed by atoms with E-state index in [4.69, 9.17) is 9.84 Å². The quantitative estimate of drug-likeness (QED) is 0.393. The van der Waals surface area contributed by atoms with Crippen molar-refractivity contribution in [2.75, 3.05) is 26.2 Å². The van der Waals surface area contributed by atoms with Crippen molar-refractivity contribution in [1.29, 1.82) is 0 Å². The van der Waals surface area contributed by atoms with Crippen molar-refractivity contribution in [3.8, 4) is 17.4 Å². The maximum atomic E-state index is 8.71. The standard InChI is InChI=1S/C19H24N6O2.2ClH/c26-13-12-20-10-5-11-21-15-16-6-4-9-18(14-16)27-19-22-23-24-25(19)17-7-2-1-3-8-17;;/h1-4,6-9,14,20-21,26H,5,10-13,15H2;2*1H. The van der Waals surface area contributed by atoms with Gasteiger partial charge in [-0.3, -0.25) is 0 Å². The zero-order valence-electron chi connectivity index (χ0n) is 15.9. The molecule has 1 heterocycles. The predicted octanol–water partition coefficient (Wildman–Crippen LogP) is 2.36. The Morgan fingerprint density at radius 2 is 1.72 bits per heavy atom. The number of tetrazole rings is 1. The van der Waals surface area contributed by atoms with Crippen LogP contribution in [0.25, 0.3) is 5.69 Å². The minimum absolute atomic E-state index is 0. The van der Waals surface area contributed by atoms with Crippen LogP contribution in [0.5, 0.6) is 11.8 Å². The van der Waals surface area contributed by atoms with Gasteiger partial charge in [0.2, 0.25) is 0 Å². The zero-order chi connectivity index (χ0) is 18.7. The molecule has 3 rings (SSSR count). The molecule has 0 radical (unpaired) electrons. The molecule has 0 aliphatic rings. The van der Waals surface area contributed by atoms with Gasteiger partial charge in [0.1, 0.15) is 5.75 Å². The molecule has 0 bridgehead atoms. The Balaban J connectivity index is 0.00000210. The van der Waals surface area contributed by atoms with Crippen LogP contribution in [0.1, 0.15) is 12.0 Å². The first-order valence-electron chi connectivity index (χ1n) is 9.00. The molecule has 29 heavy (non-hydrogen) atoms. The molecule has 0 unspecified atom stereocenters. The first-order chi connectivity index (χ1) is 13.4. The first kappa shape index (κ1) is 24.8. The highest BCUT2D eigenvalue weighted by atomic mass is 35.5. The summed E-state index contributed by atoms with van der Waals surface area (Å²) in [5, 5.41) is 26.9. The van der Waals surface area contributed by atoms with Crippen LogP contribution in [0.3, 0.4) is 0 Å². The van der Waals surface area contributed by atoms with Gasteiger partial charge in [-0.2, -0.15) is 4.68 Å². The van der Waals surface area contributed by atoms with Gasteiger partial charge in [0.15, 0.2) is 0 Å². The maximum Gasteiger partial charge on any atom is 0.345 e. The lowest BCUT2D eigenvalue weighted by atomic mass is 10.2. The third kappa shape index (κ3) is 7.96. The number of rotatable bonds is 11. The van der Waals surface area contributed by atoms with E-state index in [0.29, 0.717) is 18.3 Å². The summed E-state index contributed by atoms with van der Waals surface area (Å²) in [7, 11) is 0. The molecule has 3 aromatic rings. The summed E-state index contributed by atoms with van der Waals surface area (Å²) < 4.78 is 7.44. The number of para-hydroxylation sites is 1. The summed E-state index contributed by atoms with van der Waals surface area (Å²) in [6.45, 7) is 3.35. The molecule has 0 atom stereocenters. The van der Waals surface area contributed by atoms with Crippen LogP contribution < -0.4 is 15.4 Å². The fraction of sp³-hybridized carbons (Fsp3) is 0.316. The number of hydrogen-bond donors (Lipinski definition) is 3.